The molecule has 0 saturated carbocycles. The lowest BCUT2D eigenvalue weighted by molar-refractivity contribution is -0.210. The summed E-state index contributed by atoms with van der Waals surface area (Å²) in [6.07, 6.45) is -1.88. The molecule has 0 bridgehead atoms. The first-order valence-corrected chi connectivity index (χ1v) is 5.33. The Balaban J connectivity index is 1.84. The predicted octanol–water partition coefficient (Wildman–Crippen LogP) is 0.515. The van der Waals surface area contributed by atoms with E-state index in [-0.39, 0.29) is 18.2 Å². The minimum absolute atomic E-state index is 0.00762. The summed E-state index contributed by atoms with van der Waals surface area (Å²) < 4.78 is 30.4. The third-order valence-corrected chi connectivity index (χ3v) is 3.38. The molecule has 86 valence electrons. The van der Waals surface area contributed by atoms with Crippen molar-refractivity contribution in [2.24, 2.45) is 0 Å². The van der Waals surface area contributed by atoms with Gasteiger partial charge in [0.05, 0.1) is 6.04 Å². The summed E-state index contributed by atoms with van der Waals surface area (Å²) in [6.45, 7) is 4.12. The van der Waals surface area contributed by atoms with Gasteiger partial charge in [0.25, 0.3) is 0 Å². The van der Waals surface area contributed by atoms with E-state index in [0.29, 0.717) is 6.54 Å². The molecule has 3 fully saturated rings. The molecule has 0 aromatic rings. The summed E-state index contributed by atoms with van der Waals surface area (Å²) in [4.78, 5) is 1.96. The van der Waals surface area contributed by atoms with E-state index >= 15 is 0 Å². The number of fused-ring (bicyclic) bond motifs is 3. The van der Waals surface area contributed by atoms with E-state index < -0.39 is 18.2 Å². The fraction of sp³-hybridized carbons (Fsp3) is 1.00. The van der Waals surface area contributed by atoms with Crippen LogP contribution in [0.1, 0.15) is 13.8 Å². The molecule has 5 heteroatoms. The minimum atomic E-state index is -0.930. The molecule has 0 aliphatic carbocycles. The first kappa shape index (κ1) is 9.96. The molecule has 0 aromatic carbocycles. The molecule has 4 nitrogen and oxygen atoms in total. The number of likely N-dealkylation sites (tertiary alicyclic amines) is 1. The molecule has 5 unspecified atom stereocenters. The van der Waals surface area contributed by atoms with Crippen molar-refractivity contribution in [1.82, 2.24) is 4.90 Å². The van der Waals surface area contributed by atoms with Crippen LogP contribution in [-0.2, 0) is 14.2 Å². The molecule has 3 aliphatic heterocycles. The molecular formula is C10H16FNO3. The number of ether oxygens (including phenoxy) is 3. The van der Waals surface area contributed by atoms with E-state index in [4.69, 9.17) is 14.2 Å². The highest BCUT2D eigenvalue weighted by molar-refractivity contribution is 5.05. The van der Waals surface area contributed by atoms with Crippen molar-refractivity contribution in [2.75, 3.05) is 13.6 Å². The van der Waals surface area contributed by atoms with Gasteiger partial charge in [-0.05, 0) is 20.9 Å². The second-order valence-corrected chi connectivity index (χ2v) is 5.02. The molecule has 3 rings (SSSR count). The molecular weight excluding hydrogens is 201 g/mol. The van der Waals surface area contributed by atoms with Crippen molar-refractivity contribution in [3.8, 4) is 0 Å². The fourth-order valence-corrected chi connectivity index (χ4v) is 2.82. The van der Waals surface area contributed by atoms with Gasteiger partial charge in [-0.25, -0.2) is 4.39 Å². The largest absolute Gasteiger partial charge is 0.342 e. The highest BCUT2D eigenvalue weighted by Crippen LogP contribution is 2.43. The summed E-state index contributed by atoms with van der Waals surface area (Å²) in [5.41, 5.74) is 0. The van der Waals surface area contributed by atoms with Gasteiger partial charge in [0.2, 0.25) is 0 Å². The number of hydrogen-bond acceptors (Lipinski definition) is 4. The Morgan fingerprint density at radius 1 is 1.27 bits per heavy atom. The molecule has 3 aliphatic rings. The Kier molecular flexibility index (Phi) is 1.93. The summed E-state index contributed by atoms with van der Waals surface area (Å²) >= 11 is 0. The van der Waals surface area contributed by atoms with Gasteiger partial charge < -0.3 is 14.2 Å². The lowest BCUT2D eigenvalue weighted by Crippen LogP contribution is -2.40. The standard InChI is InChI=1S/C10H16FNO3/c1-10(2)14-8-6-7(13-9(8)15-10)5(11)4-12(6)3/h5-9H,4H2,1-3H3. The number of rotatable bonds is 0. The van der Waals surface area contributed by atoms with Gasteiger partial charge in [-0.3, -0.25) is 4.90 Å². The van der Waals surface area contributed by atoms with Crippen LogP contribution in [0.4, 0.5) is 4.39 Å². The van der Waals surface area contributed by atoms with Crippen LogP contribution in [0.15, 0.2) is 0 Å². The molecule has 0 amide bonds. The number of likely N-dealkylation sites (N-methyl/N-ethyl adjacent to an activating group) is 1. The van der Waals surface area contributed by atoms with E-state index in [1.807, 2.05) is 25.8 Å². The van der Waals surface area contributed by atoms with E-state index in [2.05, 4.69) is 0 Å². The number of alkyl halides is 1. The summed E-state index contributed by atoms with van der Waals surface area (Å²) in [5.74, 6) is -0.616. The van der Waals surface area contributed by atoms with Gasteiger partial charge in [0, 0.05) is 6.54 Å². The highest BCUT2D eigenvalue weighted by atomic mass is 19.1. The van der Waals surface area contributed by atoms with Gasteiger partial charge in [-0.2, -0.15) is 0 Å². The van der Waals surface area contributed by atoms with Crippen molar-refractivity contribution in [3.05, 3.63) is 0 Å². The average Bonchev–Trinajstić information content (AvgIpc) is 2.62. The molecule has 0 radical (unpaired) electrons. The molecule has 15 heavy (non-hydrogen) atoms. The summed E-state index contributed by atoms with van der Waals surface area (Å²) in [5, 5.41) is 0. The molecule has 0 spiro atoms. The smallest absolute Gasteiger partial charge is 0.189 e. The Hall–Kier alpha value is -0.230. The summed E-state index contributed by atoms with van der Waals surface area (Å²) in [7, 11) is 1.90. The van der Waals surface area contributed by atoms with Gasteiger partial charge in [0.15, 0.2) is 12.1 Å². The van der Waals surface area contributed by atoms with Gasteiger partial charge in [0.1, 0.15) is 18.4 Å². The molecule has 3 saturated heterocycles. The normalized spacial score (nSPS) is 53.2. The van der Waals surface area contributed by atoms with Crippen LogP contribution in [0.2, 0.25) is 0 Å². The molecule has 0 N–H and O–H groups in total. The molecule has 3 heterocycles. The first-order chi connectivity index (χ1) is 6.98. The Morgan fingerprint density at radius 3 is 2.73 bits per heavy atom. The third-order valence-electron chi connectivity index (χ3n) is 3.38. The van der Waals surface area contributed by atoms with Crippen LogP contribution in [0.3, 0.4) is 0 Å². The zero-order chi connectivity index (χ0) is 10.8. The highest BCUT2D eigenvalue weighted by Gasteiger charge is 2.60. The van der Waals surface area contributed by atoms with Crippen molar-refractivity contribution >= 4 is 0 Å². The van der Waals surface area contributed by atoms with Crippen LogP contribution in [-0.4, -0.2) is 55.0 Å². The predicted molar refractivity (Wildman–Crippen MR) is 50.0 cm³/mol. The average molecular weight is 217 g/mol. The van der Waals surface area contributed by atoms with Gasteiger partial charge in [-0.1, -0.05) is 0 Å². The minimum Gasteiger partial charge on any atom is -0.342 e. The van der Waals surface area contributed by atoms with Crippen LogP contribution in [0.25, 0.3) is 0 Å². The Labute approximate surface area is 88.3 Å². The second-order valence-electron chi connectivity index (χ2n) is 5.02. The zero-order valence-electron chi connectivity index (χ0n) is 9.14. The van der Waals surface area contributed by atoms with Crippen molar-refractivity contribution in [1.29, 1.82) is 0 Å². The summed E-state index contributed by atoms with van der Waals surface area (Å²) in [6, 6.07) is -0.00762. The zero-order valence-corrected chi connectivity index (χ0v) is 9.14. The van der Waals surface area contributed by atoms with E-state index in [1.165, 1.54) is 0 Å². The molecule has 0 aromatic heterocycles. The van der Waals surface area contributed by atoms with Gasteiger partial charge in [-0.15, -0.1) is 0 Å². The van der Waals surface area contributed by atoms with E-state index in [9.17, 15) is 4.39 Å². The maximum absolute atomic E-state index is 13.6. The SMILES string of the molecule is CN1CC(F)C2OC3OC(C)(C)OC3C21. The van der Waals surface area contributed by atoms with Crippen LogP contribution in [0.5, 0.6) is 0 Å². The van der Waals surface area contributed by atoms with Crippen LogP contribution in [0, 0.1) is 0 Å². The maximum atomic E-state index is 13.6. The van der Waals surface area contributed by atoms with E-state index in [1.54, 1.807) is 0 Å². The third kappa shape index (κ3) is 1.34. The first-order valence-electron chi connectivity index (χ1n) is 5.33. The van der Waals surface area contributed by atoms with Crippen molar-refractivity contribution in [2.45, 2.75) is 50.3 Å². The number of halogens is 1. The topological polar surface area (TPSA) is 30.9 Å². The van der Waals surface area contributed by atoms with Crippen molar-refractivity contribution < 1.29 is 18.6 Å². The lowest BCUT2D eigenvalue weighted by atomic mass is 10.1. The van der Waals surface area contributed by atoms with Crippen molar-refractivity contribution in [3.63, 3.8) is 0 Å². The van der Waals surface area contributed by atoms with Gasteiger partial charge >= 0.3 is 0 Å². The maximum Gasteiger partial charge on any atom is 0.189 e. The van der Waals surface area contributed by atoms with Crippen LogP contribution >= 0.6 is 0 Å². The number of hydrogen-bond donors (Lipinski definition) is 0. The Bertz CT molecular complexity index is 286. The van der Waals surface area contributed by atoms with Crippen LogP contribution < -0.4 is 0 Å². The van der Waals surface area contributed by atoms with E-state index in [0.717, 1.165) is 0 Å². The Morgan fingerprint density at radius 2 is 2.00 bits per heavy atom. The number of nitrogens with zero attached hydrogens (tertiary/aromatic N) is 1. The quantitative estimate of drug-likeness (QED) is 0.591. The second kappa shape index (κ2) is 2.91. The fourth-order valence-electron chi connectivity index (χ4n) is 2.82. The molecule has 5 atom stereocenters. The monoisotopic (exact) mass is 217 g/mol. The lowest BCUT2D eigenvalue weighted by Gasteiger charge is -2.24.